The van der Waals surface area contributed by atoms with Crippen molar-refractivity contribution in [2.45, 2.75) is 19.4 Å². The fraction of sp³-hybridized carbons (Fsp3) is 0.500. The molecule has 100 valence electrons. The number of methoxy groups -OCH3 is 1. The van der Waals surface area contributed by atoms with Crippen molar-refractivity contribution in [1.82, 2.24) is 10.6 Å². The number of carbonyl (C=O) groups excluding carboxylic acids is 1. The van der Waals surface area contributed by atoms with E-state index in [1.165, 1.54) is 0 Å². The number of nitrogens with one attached hydrogen (secondary N) is 2. The molecule has 0 aromatic heterocycles. The Morgan fingerprint density at radius 3 is 2.67 bits per heavy atom. The van der Waals surface area contributed by atoms with E-state index in [9.17, 15) is 4.79 Å². The van der Waals surface area contributed by atoms with Gasteiger partial charge in [-0.3, -0.25) is 4.79 Å². The molecular weight excluding hydrogens is 228 g/mol. The second-order valence-electron chi connectivity index (χ2n) is 4.11. The van der Waals surface area contributed by atoms with E-state index in [1.807, 2.05) is 30.3 Å². The van der Waals surface area contributed by atoms with Crippen LogP contribution in [0.4, 0.5) is 0 Å². The van der Waals surface area contributed by atoms with Crippen LogP contribution in [0.3, 0.4) is 0 Å². The number of hydrogen-bond acceptors (Lipinski definition) is 3. The molecule has 0 aliphatic carbocycles. The lowest BCUT2D eigenvalue weighted by atomic mass is 10.0. The average Bonchev–Trinajstić information content (AvgIpc) is 2.42. The predicted molar refractivity (Wildman–Crippen MR) is 72.4 cm³/mol. The predicted octanol–water partition coefficient (Wildman–Crippen LogP) is 1.49. The fourth-order valence-corrected chi connectivity index (χ4v) is 1.73. The van der Waals surface area contributed by atoms with E-state index >= 15 is 0 Å². The highest BCUT2D eigenvalue weighted by Crippen LogP contribution is 2.15. The zero-order chi connectivity index (χ0) is 13.2. The molecule has 0 bridgehead atoms. The summed E-state index contributed by atoms with van der Waals surface area (Å²) in [6.07, 6.45) is 0.883. The van der Waals surface area contributed by atoms with Crippen LogP contribution in [0.15, 0.2) is 30.3 Å². The van der Waals surface area contributed by atoms with E-state index in [2.05, 4.69) is 17.6 Å². The summed E-state index contributed by atoms with van der Waals surface area (Å²) in [5.74, 6) is 0.0156. The lowest BCUT2D eigenvalue weighted by Gasteiger charge is -2.17. The lowest BCUT2D eigenvalue weighted by molar-refractivity contribution is -0.121. The summed E-state index contributed by atoms with van der Waals surface area (Å²) < 4.78 is 4.90. The molecule has 0 saturated carbocycles. The Hall–Kier alpha value is -1.39. The molecule has 1 atom stereocenters. The lowest BCUT2D eigenvalue weighted by Crippen LogP contribution is -2.37. The van der Waals surface area contributed by atoms with Gasteiger partial charge < -0.3 is 15.4 Å². The van der Waals surface area contributed by atoms with Crippen LogP contribution in [-0.2, 0) is 9.53 Å². The Morgan fingerprint density at radius 1 is 1.33 bits per heavy atom. The number of ether oxygens (including phenoxy) is 1. The van der Waals surface area contributed by atoms with Gasteiger partial charge in [0.15, 0.2) is 0 Å². The molecule has 0 radical (unpaired) electrons. The highest BCUT2D eigenvalue weighted by Gasteiger charge is 2.11. The molecule has 0 saturated heterocycles. The van der Waals surface area contributed by atoms with Gasteiger partial charge >= 0.3 is 0 Å². The molecule has 0 fully saturated rings. The summed E-state index contributed by atoms with van der Waals surface area (Å²) in [6, 6.07) is 10.1. The van der Waals surface area contributed by atoms with Crippen molar-refractivity contribution in [2.24, 2.45) is 0 Å². The maximum Gasteiger partial charge on any atom is 0.234 e. The van der Waals surface area contributed by atoms with Crippen LogP contribution in [0, 0.1) is 0 Å². The fourth-order valence-electron chi connectivity index (χ4n) is 1.73. The van der Waals surface area contributed by atoms with Gasteiger partial charge in [-0.2, -0.15) is 0 Å². The molecule has 4 heteroatoms. The van der Waals surface area contributed by atoms with Crippen LogP contribution in [0.2, 0.25) is 0 Å². The Balaban J connectivity index is 2.37. The van der Waals surface area contributed by atoms with Gasteiger partial charge in [0, 0.05) is 13.7 Å². The van der Waals surface area contributed by atoms with Crippen molar-refractivity contribution in [2.75, 3.05) is 26.8 Å². The van der Waals surface area contributed by atoms with Gasteiger partial charge in [0.25, 0.3) is 0 Å². The second kappa shape index (κ2) is 8.66. The molecule has 0 spiro atoms. The number of hydrogen-bond donors (Lipinski definition) is 2. The van der Waals surface area contributed by atoms with E-state index in [0.29, 0.717) is 19.7 Å². The van der Waals surface area contributed by atoms with Crippen LogP contribution < -0.4 is 10.6 Å². The van der Waals surface area contributed by atoms with E-state index in [4.69, 9.17) is 4.74 Å². The minimum absolute atomic E-state index is 0.0156. The highest BCUT2D eigenvalue weighted by atomic mass is 16.5. The Bertz CT molecular complexity index is 341. The van der Waals surface area contributed by atoms with Gasteiger partial charge in [-0.05, 0) is 12.0 Å². The van der Waals surface area contributed by atoms with Crippen molar-refractivity contribution < 1.29 is 9.53 Å². The molecule has 1 amide bonds. The standard InChI is InChI=1S/C14H22N2O2/c1-3-13(12-7-5-4-6-8-12)16-14(17)11-15-9-10-18-2/h4-8,13,15H,3,9-11H2,1-2H3,(H,16,17). The summed E-state index contributed by atoms with van der Waals surface area (Å²) in [6.45, 7) is 3.69. The van der Waals surface area contributed by atoms with Gasteiger partial charge in [0.05, 0.1) is 19.2 Å². The SMILES string of the molecule is CCC(NC(=O)CNCCOC)c1ccccc1. The molecule has 0 aliphatic heterocycles. The second-order valence-corrected chi connectivity index (χ2v) is 4.11. The van der Waals surface area contributed by atoms with Gasteiger partial charge in [0.1, 0.15) is 0 Å². The monoisotopic (exact) mass is 250 g/mol. The molecular formula is C14H22N2O2. The van der Waals surface area contributed by atoms with Gasteiger partial charge in [-0.1, -0.05) is 37.3 Å². The van der Waals surface area contributed by atoms with Gasteiger partial charge in [-0.15, -0.1) is 0 Å². The summed E-state index contributed by atoms with van der Waals surface area (Å²) in [7, 11) is 1.64. The first kappa shape index (κ1) is 14.7. The van der Waals surface area contributed by atoms with Gasteiger partial charge in [-0.25, -0.2) is 0 Å². The summed E-state index contributed by atoms with van der Waals surface area (Å²) >= 11 is 0. The first-order chi connectivity index (χ1) is 8.77. The van der Waals surface area contributed by atoms with E-state index in [-0.39, 0.29) is 11.9 Å². The number of rotatable bonds is 8. The summed E-state index contributed by atoms with van der Waals surface area (Å²) in [5, 5.41) is 6.05. The van der Waals surface area contributed by atoms with Crippen molar-refractivity contribution in [3.05, 3.63) is 35.9 Å². The maximum absolute atomic E-state index is 11.7. The van der Waals surface area contributed by atoms with Crippen molar-refractivity contribution in [1.29, 1.82) is 0 Å². The highest BCUT2D eigenvalue weighted by molar-refractivity contribution is 5.78. The van der Waals surface area contributed by atoms with Crippen LogP contribution in [0.1, 0.15) is 24.9 Å². The number of amides is 1. The molecule has 0 aliphatic rings. The quantitative estimate of drug-likeness (QED) is 0.687. The van der Waals surface area contributed by atoms with Crippen molar-refractivity contribution in [3.8, 4) is 0 Å². The van der Waals surface area contributed by atoms with Crippen molar-refractivity contribution >= 4 is 5.91 Å². The maximum atomic E-state index is 11.7. The van der Waals surface area contributed by atoms with Crippen LogP contribution in [0.5, 0.6) is 0 Å². The topological polar surface area (TPSA) is 50.4 Å². The smallest absolute Gasteiger partial charge is 0.234 e. The van der Waals surface area contributed by atoms with E-state index in [0.717, 1.165) is 12.0 Å². The summed E-state index contributed by atoms with van der Waals surface area (Å²) in [5.41, 5.74) is 1.14. The van der Waals surface area contributed by atoms with E-state index in [1.54, 1.807) is 7.11 Å². The average molecular weight is 250 g/mol. The molecule has 18 heavy (non-hydrogen) atoms. The molecule has 1 aromatic rings. The molecule has 4 nitrogen and oxygen atoms in total. The first-order valence-electron chi connectivity index (χ1n) is 6.32. The third-order valence-electron chi connectivity index (χ3n) is 2.71. The Labute approximate surface area is 109 Å². The zero-order valence-corrected chi connectivity index (χ0v) is 11.1. The third kappa shape index (κ3) is 5.29. The molecule has 1 unspecified atom stereocenters. The molecule has 1 rings (SSSR count). The summed E-state index contributed by atoms with van der Waals surface area (Å²) in [4.78, 5) is 11.7. The zero-order valence-electron chi connectivity index (χ0n) is 11.1. The normalized spacial score (nSPS) is 12.1. The number of carbonyl (C=O) groups is 1. The minimum atomic E-state index is 0.0156. The molecule has 0 heterocycles. The third-order valence-corrected chi connectivity index (χ3v) is 2.71. The molecule has 2 N–H and O–H groups in total. The van der Waals surface area contributed by atoms with Gasteiger partial charge in [0.2, 0.25) is 5.91 Å². The first-order valence-corrected chi connectivity index (χ1v) is 6.32. The Morgan fingerprint density at radius 2 is 2.06 bits per heavy atom. The minimum Gasteiger partial charge on any atom is -0.383 e. The van der Waals surface area contributed by atoms with Crippen molar-refractivity contribution in [3.63, 3.8) is 0 Å². The van der Waals surface area contributed by atoms with Crippen LogP contribution in [-0.4, -0.2) is 32.7 Å². The number of benzene rings is 1. The van der Waals surface area contributed by atoms with E-state index < -0.39 is 0 Å². The molecule has 1 aromatic carbocycles. The van der Waals surface area contributed by atoms with Crippen LogP contribution in [0.25, 0.3) is 0 Å². The largest absolute Gasteiger partial charge is 0.383 e. The Kier molecular flexibility index (Phi) is 7.06. The van der Waals surface area contributed by atoms with Crippen LogP contribution >= 0.6 is 0 Å².